The molecule has 22 heavy (non-hydrogen) atoms. The highest BCUT2D eigenvalue weighted by Gasteiger charge is 2.15. The predicted molar refractivity (Wildman–Crippen MR) is 86.4 cm³/mol. The first kappa shape index (κ1) is 17.6. The maximum atomic E-state index is 12.1. The average Bonchev–Trinajstić information content (AvgIpc) is 2.49. The van der Waals surface area contributed by atoms with Crippen LogP contribution in [0, 0.1) is 17.0 Å². The van der Waals surface area contributed by atoms with Crippen LogP contribution in [0.5, 0.6) is 0 Å². The third-order valence-electron chi connectivity index (χ3n) is 2.63. The summed E-state index contributed by atoms with van der Waals surface area (Å²) < 4.78 is 26.7. The molecule has 0 unspecified atom stereocenters. The quantitative estimate of drug-likeness (QED) is 0.686. The van der Waals surface area contributed by atoms with Crippen molar-refractivity contribution in [1.29, 1.82) is 0 Å². The third kappa shape index (κ3) is 4.56. The molecule has 1 N–H and O–H groups in total. The summed E-state index contributed by atoms with van der Waals surface area (Å²) in [4.78, 5) is 9.93. The number of nitrogens with zero attached hydrogens (tertiary/aromatic N) is 1. The standard InChI is InChI=1S/C13H12N2O4S.C2H6/c1-10-3-2-4-11(9-10)14-20(18,19)13-7-5-12(6-8-13)15(16)17;1-2/h2-9,14H,1H3;1-2H3. The minimum Gasteiger partial charge on any atom is -0.280 e. The first-order valence-corrected chi connectivity index (χ1v) is 8.21. The summed E-state index contributed by atoms with van der Waals surface area (Å²) in [7, 11) is -3.75. The van der Waals surface area contributed by atoms with Crippen molar-refractivity contribution in [2.24, 2.45) is 0 Å². The molecule has 2 aromatic carbocycles. The molecule has 0 bridgehead atoms. The molecule has 0 heterocycles. The largest absolute Gasteiger partial charge is 0.280 e. The Morgan fingerprint density at radius 2 is 1.64 bits per heavy atom. The molecule has 0 amide bonds. The van der Waals surface area contributed by atoms with Crippen molar-refractivity contribution < 1.29 is 13.3 Å². The van der Waals surface area contributed by atoms with Gasteiger partial charge in [-0.05, 0) is 36.8 Å². The van der Waals surface area contributed by atoms with E-state index in [1.165, 1.54) is 12.1 Å². The van der Waals surface area contributed by atoms with E-state index in [1.54, 1.807) is 18.2 Å². The van der Waals surface area contributed by atoms with E-state index in [-0.39, 0.29) is 10.6 Å². The smallest absolute Gasteiger partial charge is 0.269 e. The number of aryl methyl sites for hydroxylation is 1. The highest BCUT2D eigenvalue weighted by Crippen LogP contribution is 2.19. The first-order valence-electron chi connectivity index (χ1n) is 6.72. The van der Waals surface area contributed by atoms with E-state index in [1.807, 2.05) is 26.8 Å². The molecule has 0 atom stereocenters. The fraction of sp³-hybridized carbons (Fsp3) is 0.200. The van der Waals surface area contributed by atoms with Gasteiger partial charge < -0.3 is 0 Å². The highest BCUT2D eigenvalue weighted by molar-refractivity contribution is 7.92. The number of sulfonamides is 1. The van der Waals surface area contributed by atoms with E-state index in [0.717, 1.165) is 17.7 Å². The van der Waals surface area contributed by atoms with Crippen molar-refractivity contribution in [2.75, 3.05) is 4.72 Å². The van der Waals surface area contributed by atoms with E-state index in [2.05, 4.69) is 4.72 Å². The second-order valence-corrected chi connectivity index (χ2v) is 5.91. The molecule has 0 aliphatic carbocycles. The number of non-ortho nitro benzene ring substituents is 1. The Morgan fingerprint density at radius 1 is 1.05 bits per heavy atom. The van der Waals surface area contributed by atoms with Crippen molar-refractivity contribution >= 4 is 21.4 Å². The van der Waals surface area contributed by atoms with Gasteiger partial charge >= 0.3 is 0 Å². The van der Waals surface area contributed by atoms with Gasteiger partial charge in [0.15, 0.2) is 0 Å². The first-order chi connectivity index (χ1) is 10.4. The van der Waals surface area contributed by atoms with Gasteiger partial charge in [0.1, 0.15) is 0 Å². The topological polar surface area (TPSA) is 89.3 Å². The van der Waals surface area contributed by atoms with Crippen LogP contribution in [-0.4, -0.2) is 13.3 Å². The van der Waals surface area contributed by atoms with Gasteiger partial charge in [0.2, 0.25) is 0 Å². The van der Waals surface area contributed by atoms with Crippen LogP contribution in [-0.2, 0) is 10.0 Å². The molecule has 0 fully saturated rings. The Hall–Kier alpha value is -2.41. The van der Waals surface area contributed by atoms with Gasteiger partial charge in [-0.1, -0.05) is 26.0 Å². The molecule has 0 aromatic heterocycles. The lowest BCUT2D eigenvalue weighted by molar-refractivity contribution is -0.384. The molecule has 0 spiro atoms. The SMILES string of the molecule is CC.Cc1cccc(NS(=O)(=O)c2ccc([N+](=O)[O-])cc2)c1. The number of hydrogen-bond donors (Lipinski definition) is 1. The zero-order chi connectivity index (χ0) is 16.8. The number of benzene rings is 2. The fourth-order valence-corrected chi connectivity index (χ4v) is 2.72. The van der Waals surface area contributed by atoms with Gasteiger partial charge in [0.25, 0.3) is 15.7 Å². The third-order valence-corrected chi connectivity index (χ3v) is 4.03. The molecule has 0 aliphatic rings. The number of nitro benzene ring substituents is 1. The summed E-state index contributed by atoms with van der Waals surface area (Å²) in [6.45, 7) is 5.85. The van der Waals surface area contributed by atoms with Gasteiger partial charge in [0, 0.05) is 17.8 Å². The molecule has 0 radical (unpaired) electrons. The lowest BCUT2D eigenvalue weighted by Crippen LogP contribution is -2.12. The van der Waals surface area contributed by atoms with Gasteiger partial charge in [-0.2, -0.15) is 0 Å². The molecular formula is C15H18N2O4S. The lowest BCUT2D eigenvalue weighted by Gasteiger charge is -2.08. The molecule has 6 nitrogen and oxygen atoms in total. The minimum absolute atomic E-state index is 0.0235. The highest BCUT2D eigenvalue weighted by atomic mass is 32.2. The Labute approximate surface area is 130 Å². The number of anilines is 1. The Morgan fingerprint density at radius 3 is 2.14 bits per heavy atom. The molecule has 0 saturated carbocycles. The maximum absolute atomic E-state index is 12.1. The van der Waals surface area contributed by atoms with Crippen LogP contribution in [0.15, 0.2) is 53.4 Å². The number of rotatable bonds is 4. The van der Waals surface area contributed by atoms with Gasteiger partial charge in [-0.25, -0.2) is 8.42 Å². The van der Waals surface area contributed by atoms with E-state index >= 15 is 0 Å². The molecule has 7 heteroatoms. The van der Waals surface area contributed by atoms with E-state index in [9.17, 15) is 18.5 Å². The second-order valence-electron chi connectivity index (χ2n) is 4.23. The summed E-state index contributed by atoms with van der Waals surface area (Å²) in [5, 5.41) is 10.5. The van der Waals surface area contributed by atoms with Crippen molar-refractivity contribution in [3.63, 3.8) is 0 Å². The van der Waals surface area contributed by atoms with Crippen LogP contribution in [0.2, 0.25) is 0 Å². The lowest BCUT2D eigenvalue weighted by atomic mass is 10.2. The molecular weight excluding hydrogens is 304 g/mol. The molecule has 118 valence electrons. The Kier molecular flexibility index (Phi) is 6.06. The van der Waals surface area contributed by atoms with Crippen molar-refractivity contribution in [2.45, 2.75) is 25.7 Å². The van der Waals surface area contributed by atoms with E-state index in [0.29, 0.717) is 5.69 Å². The Bertz CT molecular complexity index is 740. The summed E-state index contributed by atoms with van der Waals surface area (Å²) in [5.41, 5.74) is 1.22. The van der Waals surface area contributed by atoms with Crippen LogP contribution in [0.25, 0.3) is 0 Å². The molecule has 0 aliphatic heterocycles. The summed E-state index contributed by atoms with van der Waals surface area (Å²) in [6, 6.07) is 11.6. The maximum Gasteiger partial charge on any atom is 0.269 e. The second kappa shape index (κ2) is 7.56. The molecule has 2 rings (SSSR count). The zero-order valence-corrected chi connectivity index (χ0v) is 13.4. The van der Waals surface area contributed by atoms with Crippen LogP contribution in [0.3, 0.4) is 0 Å². The van der Waals surface area contributed by atoms with E-state index < -0.39 is 14.9 Å². The monoisotopic (exact) mass is 322 g/mol. The predicted octanol–water partition coefficient (Wildman–Crippen LogP) is 3.73. The number of nitrogens with one attached hydrogen (secondary N) is 1. The van der Waals surface area contributed by atoms with Crippen LogP contribution in [0.1, 0.15) is 19.4 Å². The van der Waals surface area contributed by atoms with E-state index in [4.69, 9.17) is 0 Å². The average molecular weight is 322 g/mol. The number of nitro groups is 1. The van der Waals surface area contributed by atoms with Gasteiger partial charge in [0.05, 0.1) is 9.82 Å². The van der Waals surface area contributed by atoms with Crippen molar-refractivity contribution in [1.82, 2.24) is 0 Å². The van der Waals surface area contributed by atoms with Crippen molar-refractivity contribution in [3.8, 4) is 0 Å². The summed E-state index contributed by atoms with van der Waals surface area (Å²) in [6.07, 6.45) is 0. The Balaban J connectivity index is 0.00000116. The number of hydrogen-bond acceptors (Lipinski definition) is 4. The summed E-state index contributed by atoms with van der Waals surface area (Å²) in [5.74, 6) is 0. The van der Waals surface area contributed by atoms with Crippen LogP contribution < -0.4 is 4.72 Å². The normalized spacial score (nSPS) is 10.3. The van der Waals surface area contributed by atoms with Gasteiger partial charge in [-0.15, -0.1) is 0 Å². The molecule has 2 aromatic rings. The van der Waals surface area contributed by atoms with Crippen molar-refractivity contribution in [3.05, 3.63) is 64.2 Å². The van der Waals surface area contributed by atoms with Gasteiger partial charge in [-0.3, -0.25) is 14.8 Å². The minimum atomic E-state index is -3.75. The van der Waals surface area contributed by atoms with Crippen LogP contribution in [0.4, 0.5) is 11.4 Å². The summed E-state index contributed by atoms with van der Waals surface area (Å²) >= 11 is 0. The zero-order valence-electron chi connectivity index (χ0n) is 12.6. The fourth-order valence-electron chi connectivity index (χ4n) is 1.67. The molecule has 0 saturated heterocycles. The van der Waals surface area contributed by atoms with Crippen LogP contribution >= 0.6 is 0 Å².